The van der Waals surface area contributed by atoms with Crippen molar-refractivity contribution in [2.24, 2.45) is 5.41 Å². The van der Waals surface area contributed by atoms with Crippen LogP contribution in [-0.2, 0) is 6.42 Å². The molecule has 0 spiro atoms. The van der Waals surface area contributed by atoms with E-state index in [9.17, 15) is 0 Å². The van der Waals surface area contributed by atoms with Crippen molar-refractivity contribution in [2.45, 2.75) is 52.5 Å². The van der Waals surface area contributed by atoms with Crippen molar-refractivity contribution in [2.75, 3.05) is 0 Å². The molecule has 96 valence electrons. The van der Waals surface area contributed by atoms with Crippen LogP contribution in [0.3, 0.4) is 0 Å². The summed E-state index contributed by atoms with van der Waals surface area (Å²) in [5, 5.41) is 0.0334. The molecule has 0 N–H and O–H groups in total. The molecule has 0 aliphatic heterocycles. The number of nitrogens with zero attached hydrogens (tertiary/aromatic N) is 2. The van der Waals surface area contributed by atoms with E-state index in [1.807, 2.05) is 13.8 Å². The minimum Gasteiger partial charge on any atom is -0.474 e. The van der Waals surface area contributed by atoms with Crippen LogP contribution in [-0.4, -0.2) is 21.4 Å². The average Bonchev–Trinajstić information content (AvgIpc) is 2.15. The fourth-order valence-electron chi connectivity index (χ4n) is 1.27. The molecule has 0 saturated heterocycles. The Morgan fingerprint density at radius 2 is 1.94 bits per heavy atom. The van der Waals surface area contributed by atoms with Gasteiger partial charge in [-0.3, -0.25) is 4.98 Å². The predicted molar refractivity (Wildman–Crippen MR) is 70.6 cm³/mol. The van der Waals surface area contributed by atoms with Crippen LogP contribution in [0.4, 0.5) is 0 Å². The molecule has 0 aliphatic carbocycles. The second-order valence-corrected chi connectivity index (χ2v) is 6.08. The highest BCUT2D eigenvalue weighted by Crippen LogP contribution is 2.27. The Balaban J connectivity index is 2.72. The van der Waals surface area contributed by atoms with Gasteiger partial charge in [-0.25, -0.2) is 4.98 Å². The van der Waals surface area contributed by atoms with Crippen LogP contribution in [0.25, 0.3) is 0 Å². The highest BCUT2D eigenvalue weighted by atomic mass is 35.5. The van der Waals surface area contributed by atoms with Crippen molar-refractivity contribution in [1.82, 2.24) is 9.97 Å². The van der Waals surface area contributed by atoms with Gasteiger partial charge in [0, 0.05) is 18.0 Å². The van der Waals surface area contributed by atoms with E-state index in [-0.39, 0.29) is 16.9 Å². The minimum atomic E-state index is 0.0334. The normalized spacial score (nSPS) is 13.8. The lowest BCUT2D eigenvalue weighted by Gasteiger charge is -2.24. The zero-order valence-corrected chi connectivity index (χ0v) is 12.0. The summed E-state index contributed by atoms with van der Waals surface area (Å²) in [6, 6.07) is 0. The molecule has 1 heterocycles. The van der Waals surface area contributed by atoms with Crippen LogP contribution in [0.2, 0.25) is 0 Å². The molecule has 0 aromatic carbocycles. The maximum Gasteiger partial charge on any atom is 0.232 e. The minimum absolute atomic E-state index is 0.0334. The zero-order valence-electron chi connectivity index (χ0n) is 11.2. The van der Waals surface area contributed by atoms with Crippen molar-refractivity contribution in [1.29, 1.82) is 0 Å². The van der Waals surface area contributed by atoms with Gasteiger partial charge in [0.1, 0.15) is 0 Å². The molecule has 0 amide bonds. The van der Waals surface area contributed by atoms with Gasteiger partial charge < -0.3 is 4.74 Å². The van der Waals surface area contributed by atoms with Crippen LogP contribution >= 0.6 is 11.6 Å². The Morgan fingerprint density at radius 1 is 1.29 bits per heavy atom. The summed E-state index contributed by atoms with van der Waals surface area (Å²) in [4.78, 5) is 8.52. The third kappa shape index (κ3) is 4.90. The van der Waals surface area contributed by atoms with E-state index in [4.69, 9.17) is 16.3 Å². The van der Waals surface area contributed by atoms with E-state index in [0.717, 1.165) is 5.69 Å². The first kappa shape index (κ1) is 14.2. The molecule has 1 unspecified atom stereocenters. The second kappa shape index (κ2) is 5.67. The van der Waals surface area contributed by atoms with Crippen LogP contribution < -0.4 is 4.74 Å². The molecule has 0 fully saturated rings. The van der Waals surface area contributed by atoms with Gasteiger partial charge in [0.2, 0.25) is 5.88 Å². The third-order valence-corrected chi connectivity index (χ3v) is 3.16. The van der Waals surface area contributed by atoms with Gasteiger partial charge in [0.05, 0.1) is 18.0 Å². The number of rotatable bonds is 4. The fraction of sp³-hybridized carbons (Fsp3) is 0.692. The molecular formula is C13H21ClN2O. The third-order valence-electron chi connectivity index (χ3n) is 2.35. The number of hydrogen-bond donors (Lipinski definition) is 0. The van der Waals surface area contributed by atoms with Gasteiger partial charge in [0.25, 0.3) is 0 Å². The summed E-state index contributed by atoms with van der Waals surface area (Å²) in [7, 11) is 0. The van der Waals surface area contributed by atoms with E-state index < -0.39 is 0 Å². The molecule has 3 nitrogen and oxygen atoms in total. The van der Waals surface area contributed by atoms with Gasteiger partial charge in [-0.1, -0.05) is 20.8 Å². The molecule has 1 aromatic rings. The second-order valence-electron chi connectivity index (χ2n) is 5.55. The number of halogens is 1. The topological polar surface area (TPSA) is 35.0 Å². The lowest BCUT2D eigenvalue weighted by atomic mass is 9.89. The number of hydrogen-bond acceptors (Lipinski definition) is 3. The average molecular weight is 257 g/mol. The van der Waals surface area contributed by atoms with Crippen molar-refractivity contribution < 1.29 is 4.74 Å². The summed E-state index contributed by atoms with van der Waals surface area (Å²) >= 11 is 6.34. The molecule has 1 rings (SSSR count). The first-order valence-corrected chi connectivity index (χ1v) is 6.34. The van der Waals surface area contributed by atoms with Gasteiger partial charge >= 0.3 is 0 Å². The summed E-state index contributed by atoms with van der Waals surface area (Å²) in [5.74, 6) is 0.565. The first-order valence-electron chi connectivity index (χ1n) is 5.90. The Hall–Kier alpha value is -0.830. The lowest BCUT2D eigenvalue weighted by Crippen LogP contribution is -2.23. The molecule has 0 radical (unpaired) electrons. The molecule has 0 bridgehead atoms. The Kier molecular flexibility index (Phi) is 4.75. The Labute approximate surface area is 109 Å². The van der Waals surface area contributed by atoms with Crippen LogP contribution in [0, 0.1) is 5.41 Å². The molecule has 0 aliphatic rings. The van der Waals surface area contributed by atoms with Gasteiger partial charge in [-0.2, -0.15) is 0 Å². The largest absolute Gasteiger partial charge is 0.474 e. The molecule has 1 atom stereocenters. The van der Waals surface area contributed by atoms with Gasteiger partial charge in [-0.05, 0) is 19.3 Å². The lowest BCUT2D eigenvalue weighted by molar-refractivity contribution is 0.230. The van der Waals surface area contributed by atoms with E-state index in [1.54, 1.807) is 12.4 Å². The Bertz CT molecular complexity index is 361. The zero-order chi connectivity index (χ0) is 13.1. The molecule has 1 aromatic heterocycles. The molecule has 4 heteroatoms. The Morgan fingerprint density at radius 3 is 2.47 bits per heavy atom. The van der Waals surface area contributed by atoms with E-state index in [0.29, 0.717) is 12.3 Å². The highest BCUT2D eigenvalue weighted by molar-refractivity contribution is 6.21. The van der Waals surface area contributed by atoms with Crippen molar-refractivity contribution in [3.63, 3.8) is 0 Å². The SMILES string of the molecule is CC(C)Oc1cncc(CC(Cl)C(C)(C)C)n1. The standard InChI is InChI=1S/C13H21ClN2O/c1-9(2)17-12-8-15-7-10(16-12)6-11(14)13(3,4)5/h7-9,11H,6H2,1-5H3. The van der Waals surface area contributed by atoms with Crippen molar-refractivity contribution >= 4 is 11.6 Å². The van der Waals surface area contributed by atoms with Crippen LogP contribution in [0.15, 0.2) is 12.4 Å². The van der Waals surface area contributed by atoms with E-state index in [1.165, 1.54) is 0 Å². The summed E-state index contributed by atoms with van der Waals surface area (Å²) in [6.07, 6.45) is 4.18. The van der Waals surface area contributed by atoms with E-state index in [2.05, 4.69) is 30.7 Å². The maximum absolute atomic E-state index is 6.34. The molecular weight excluding hydrogens is 236 g/mol. The first-order chi connectivity index (χ1) is 7.79. The number of aromatic nitrogens is 2. The number of ether oxygens (including phenoxy) is 1. The number of alkyl halides is 1. The summed E-state index contributed by atoms with van der Waals surface area (Å²) in [6.45, 7) is 10.3. The summed E-state index contributed by atoms with van der Waals surface area (Å²) in [5.41, 5.74) is 0.927. The highest BCUT2D eigenvalue weighted by Gasteiger charge is 2.23. The maximum atomic E-state index is 6.34. The molecule has 0 saturated carbocycles. The van der Waals surface area contributed by atoms with Crippen molar-refractivity contribution in [3.05, 3.63) is 18.1 Å². The predicted octanol–water partition coefficient (Wildman–Crippen LogP) is 3.46. The smallest absolute Gasteiger partial charge is 0.232 e. The van der Waals surface area contributed by atoms with Crippen molar-refractivity contribution in [3.8, 4) is 5.88 Å². The van der Waals surface area contributed by atoms with E-state index >= 15 is 0 Å². The van der Waals surface area contributed by atoms with Gasteiger partial charge in [0.15, 0.2) is 0 Å². The quantitative estimate of drug-likeness (QED) is 0.774. The fourth-order valence-corrected chi connectivity index (χ4v) is 1.43. The monoisotopic (exact) mass is 256 g/mol. The van der Waals surface area contributed by atoms with Gasteiger partial charge in [-0.15, -0.1) is 11.6 Å². The van der Waals surface area contributed by atoms with Crippen LogP contribution in [0.1, 0.15) is 40.3 Å². The summed E-state index contributed by atoms with van der Waals surface area (Å²) < 4.78 is 5.51. The molecule has 17 heavy (non-hydrogen) atoms. The van der Waals surface area contributed by atoms with Crippen LogP contribution in [0.5, 0.6) is 5.88 Å².